The first-order chi connectivity index (χ1) is 10.8. The van der Waals surface area contributed by atoms with Gasteiger partial charge in [0.25, 0.3) is 0 Å². The first-order valence-corrected chi connectivity index (χ1v) is 8.20. The van der Waals surface area contributed by atoms with Crippen LogP contribution in [0.5, 0.6) is 0 Å². The quantitative estimate of drug-likeness (QED) is 0.429. The molecule has 2 rings (SSSR count). The van der Waals surface area contributed by atoms with Crippen molar-refractivity contribution in [3.63, 3.8) is 0 Å². The Kier molecular flexibility index (Phi) is 6.80. The van der Waals surface area contributed by atoms with Crippen molar-refractivity contribution in [1.29, 1.82) is 0 Å². The normalized spacial score (nSPS) is 15.4. The Labute approximate surface area is 132 Å². The zero-order chi connectivity index (χ0) is 15.6. The molecular weight excluding hydrogens is 278 g/mol. The first kappa shape index (κ1) is 16.4. The molecule has 0 unspecified atom stereocenters. The highest BCUT2D eigenvalue weighted by molar-refractivity contribution is 5.79. The second kappa shape index (κ2) is 9.12. The maximum atomic E-state index is 11.5. The fourth-order valence-electron chi connectivity index (χ4n) is 2.56. The van der Waals surface area contributed by atoms with Crippen LogP contribution in [0.25, 0.3) is 0 Å². The molecule has 0 aromatic carbocycles. The lowest BCUT2D eigenvalue weighted by atomic mass is 10.4. The number of carbonyl (C=O) groups is 1. The van der Waals surface area contributed by atoms with Crippen molar-refractivity contribution in [3.05, 3.63) is 24.5 Å². The van der Waals surface area contributed by atoms with Gasteiger partial charge in [-0.3, -0.25) is 9.79 Å². The Morgan fingerprint density at radius 2 is 2.09 bits per heavy atom. The summed E-state index contributed by atoms with van der Waals surface area (Å²) in [6.45, 7) is 7.14. The third-order valence-electron chi connectivity index (χ3n) is 3.70. The molecule has 1 aromatic rings. The van der Waals surface area contributed by atoms with Gasteiger partial charge >= 0.3 is 0 Å². The molecular formula is C16H27N5O. The summed E-state index contributed by atoms with van der Waals surface area (Å²) in [6.07, 6.45) is 6.75. The number of hydrogen-bond donors (Lipinski definition) is 2. The molecule has 0 aliphatic carbocycles. The molecule has 6 nitrogen and oxygen atoms in total. The number of nitrogens with zero attached hydrogens (tertiary/aromatic N) is 3. The Morgan fingerprint density at radius 3 is 2.77 bits per heavy atom. The lowest BCUT2D eigenvalue weighted by molar-refractivity contribution is -0.127. The number of aromatic nitrogens is 1. The van der Waals surface area contributed by atoms with E-state index in [4.69, 9.17) is 0 Å². The summed E-state index contributed by atoms with van der Waals surface area (Å²) in [6, 6.07) is 4.05. The fourth-order valence-corrected chi connectivity index (χ4v) is 2.56. The summed E-state index contributed by atoms with van der Waals surface area (Å²) in [7, 11) is 0. The number of rotatable bonds is 8. The zero-order valence-electron chi connectivity index (χ0n) is 13.4. The van der Waals surface area contributed by atoms with Crippen LogP contribution in [0.2, 0.25) is 0 Å². The molecule has 1 saturated heterocycles. The zero-order valence-corrected chi connectivity index (χ0v) is 13.4. The lowest BCUT2D eigenvalue weighted by Crippen LogP contribution is -2.39. The van der Waals surface area contributed by atoms with Gasteiger partial charge in [0.2, 0.25) is 5.91 Å². The Morgan fingerprint density at radius 1 is 1.27 bits per heavy atom. The molecule has 0 atom stereocenters. The van der Waals surface area contributed by atoms with E-state index < -0.39 is 0 Å². The van der Waals surface area contributed by atoms with Crippen LogP contribution in [0.3, 0.4) is 0 Å². The second-order valence-corrected chi connectivity index (χ2v) is 5.45. The number of amides is 1. The van der Waals surface area contributed by atoms with Crippen LogP contribution in [-0.2, 0) is 11.3 Å². The lowest BCUT2D eigenvalue weighted by Gasteiger charge is -2.15. The van der Waals surface area contributed by atoms with Crippen LogP contribution in [0.15, 0.2) is 29.5 Å². The predicted molar refractivity (Wildman–Crippen MR) is 88.8 cm³/mol. The van der Waals surface area contributed by atoms with E-state index in [0.717, 1.165) is 58.1 Å². The van der Waals surface area contributed by atoms with Crippen LogP contribution in [0, 0.1) is 0 Å². The SMILES string of the molecule is CCNC(=NCCCN1CCCC1=O)NCCn1cccc1. The first-order valence-electron chi connectivity index (χ1n) is 8.20. The van der Waals surface area contributed by atoms with Crippen LogP contribution in [0.4, 0.5) is 0 Å². The fraction of sp³-hybridized carbons (Fsp3) is 0.625. The van der Waals surface area contributed by atoms with Gasteiger partial charge in [0.15, 0.2) is 5.96 Å². The van der Waals surface area contributed by atoms with Gasteiger partial charge in [-0.15, -0.1) is 0 Å². The van der Waals surface area contributed by atoms with Crippen molar-refractivity contribution >= 4 is 11.9 Å². The number of aliphatic imine (C=N–C) groups is 1. The Hall–Kier alpha value is -1.98. The molecule has 0 bridgehead atoms. The van der Waals surface area contributed by atoms with Gasteiger partial charge < -0.3 is 20.1 Å². The van der Waals surface area contributed by atoms with Gasteiger partial charge in [-0.2, -0.15) is 0 Å². The van der Waals surface area contributed by atoms with Crippen LogP contribution in [0.1, 0.15) is 26.2 Å². The van der Waals surface area contributed by atoms with Crippen molar-refractivity contribution < 1.29 is 4.79 Å². The van der Waals surface area contributed by atoms with E-state index in [2.05, 4.69) is 39.5 Å². The van der Waals surface area contributed by atoms with E-state index in [1.807, 2.05) is 17.0 Å². The summed E-state index contributed by atoms with van der Waals surface area (Å²) in [4.78, 5) is 18.0. The number of likely N-dealkylation sites (tertiary alicyclic amines) is 1. The highest BCUT2D eigenvalue weighted by Crippen LogP contribution is 2.09. The van der Waals surface area contributed by atoms with Gasteiger partial charge in [-0.05, 0) is 31.9 Å². The summed E-state index contributed by atoms with van der Waals surface area (Å²) >= 11 is 0. The number of carbonyl (C=O) groups excluding carboxylic acids is 1. The highest BCUT2D eigenvalue weighted by Gasteiger charge is 2.18. The number of nitrogens with one attached hydrogen (secondary N) is 2. The average Bonchev–Trinajstić information content (AvgIpc) is 3.15. The molecule has 1 aliphatic rings. The Bertz CT molecular complexity index is 469. The Balaban J connectivity index is 1.66. The van der Waals surface area contributed by atoms with E-state index in [1.54, 1.807) is 0 Å². The minimum Gasteiger partial charge on any atom is -0.357 e. The summed E-state index contributed by atoms with van der Waals surface area (Å²) in [5.41, 5.74) is 0. The molecule has 0 saturated carbocycles. The van der Waals surface area contributed by atoms with Crippen LogP contribution < -0.4 is 10.6 Å². The maximum absolute atomic E-state index is 11.5. The summed E-state index contributed by atoms with van der Waals surface area (Å²) in [5.74, 6) is 1.14. The van der Waals surface area contributed by atoms with Gasteiger partial charge in [0.1, 0.15) is 0 Å². The molecule has 2 heterocycles. The maximum Gasteiger partial charge on any atom is 0.222 e. The summed E-state index contributed by atoms with van der Waals surface area (Å²) in [5, 5.41) is 6.58. The smallest absolute Gasteiger partial charge is 0.222 e. The van der Waals surface area contributed by atoms with Crippen molar-refractivity contribution in [2.75, 3.05) is 32.7 Å². The molecule has 22 heavy (non-hydrogen) atoms. The molecule has 6 heteroatoms. The third kappa shape index (κ3) is 5.42. The van der Waals surface area contributed by atoms with E-state index >= 15 is 0 Å². The monoisotopic (exact) mass is 305 g/mol. The molecule has 1 amide bonds. The molecule has 2 N–H and O–H groups in total. The average molecular weight is 305 g/mol. The topological polar surface area (TPSA) is 61.7 Å². The van der Waals surface area contributed by atoms with Crippen LogP contribution in [-0.4, -0.2) is 54.1 Å². The van der Waals surface area contributed by atoms with Crippen LogP contribution >= 0.6 is 0 Å². The van der Waals surface area contributed by atoms with E-state index in [1.165, 1.54) is 0 Å². The summed E-state index contributed by atoms with van der Waals surface area (Å²) < 4.78 is 2.13. The molecule has 1 fully saturated rings. The van der Waals surface area contributed by atoms with E-state index in [9.17, 15) is 4.79 Å². The molecule has 0 radical (unpaired) electrons. The predicted octanol–water partition coefficient (Wildman–Crippen LogP) is 1.06. The largest absolute Gasteiger partial charge is 0.357 e. The van der Waals surface area contributed by atoms with Gasteiger partial charge in [-0.1, -0.05) is 0 Å². The van der Waals surface area contributed by atoms with Crippen molar-refractivity contribution in [2.24, 2.45) is 4.99 Å². The van der Waals surface area contributed by atoms with Crippen molar-refractivity contribution in [3.8, 4) is 0 Å². The molecule has 1 aromatic heterocycles. The minimum absolute atomic E-state index is 0.292. The molecule has 0 spiro atoms. The van der Waals surface area contributed by atoms with Gasteiger partial charge in [-0.25, -0.2) is 0 Å². The third-order valence-corrected chi connectivity index (χ3v) is 3.70. The van der Waals surface area contributed by atoms with Crippen molar-refractivity contribution in [2.45, 2.75) is 32.7 Å². The minimum atomic E-state index is 0.292. The van der Waals surface area contributed by atoms with Crippen molar-refractivity contribution in [1.82, 2.24) is 20.1 Å². The molecule has 122 valence electrons. The number of hydrogen-bond acceptors (Lipinski definition) is 2. The van der Waals surface area contributed by atoms with E-state index in [-0.39, 0.29) is 0 Å². The second-order valence-electron chi connectivity index (χ2n) is 5.45. The van der Waals surface area contributed by atoms with Gasteiger partial charge in [0, 0.05) is 58.1 Å². The molecule has 1 aliphatic heterocycles. The van der Waals surface area contributed by atoms with E-state index in [0.29, 0.717) is 12.3 Å². The standard InChI is InChI=1S/C16H27N5O/c1-2-17-16(19-9-14-20-10-3-4-11-20)18-8-6-13-21-12-5-7-15(21)22/h3-4,10-11H,2,5-9,12-14H2,1H3,(H2,17,18,19). The van der Waals surface area contributed by atoms with Gasteiger partial charge in [0.05, 0.1) is 0 Å². The number of guanidine groups is 1. The highest BCUT2D eigenvalue weighted by atomic mass is 16.2.